The molecule has 5 rings (SSSR count). The topological polar surface area (TPSA) is 58.2 Å². The van der Waals surface area contributed by atoms with Gasteiger partial charge in [-0.25, -0.2) is 8.42 Å². The van der Waals surface area contributed by atoms with E-state index >= 15 is 0 Å². The van der Waals surface area contributed by atoms with E-state index in [2.05, 4.69) is 34.3 Å². The molecule has 0 spiro atoms. The van der Waals surface area contributed by atoms with Crippen LogP contribution in [0.3, 0.4) is 0 Å². The Bertz CT molecular complexity index is 1320. The number of hydrogen-bond acceptors (Lipinski definition) is 3. The second-order valence-electron chi connectivity index (χ2n) is 8.70. The number of aryl methyl sites for hydroxylation is 2. The highest BCUT2D eigenvalue weighted by molar-refractivity contribution is 7.92. The molecule has 6 heteroatoms. The van der Waals surface area contributed by atoms with Gasteiger partial charge < -0.3 is 5.32 Å². The van der Waals surface area contributed by atoms with Crippen LogP contribution in [0.5, 0.6) is 0 Å². The Morgan fingerprint density at radius 3 is 2.53 bits per heavy atom. The van der Waals surface area contributed by atoms with Gasteiger partial charge in [-0.3, -0.25) is 4.72 Å². The van der Waals surface area contributed by atoms with Crippen LogP contribution in [0.4, 0.5) is 11.4 Å². The second-order valence-corrected chi connectivity index (χ2v) is 10.8. The molecule has 164 valence electrons. The van der Waals surface area contributed by atoms with Crippen molar-refractivity contribution in [3.8, 4) is 0 Å². The molecule has 0 aromatic heterocycles. The van der Waals surface area contributed by atoms with Gasteiger partial charge in [0.2, 0.25) is 0 Å². The maximum Gasteiger partial charge on any atom is 0.261 e. The summed E-state index contributed by atoms with van der Waals surface area (Å²) in [5.41, 5.74) is 5.79. The molecule has 0 bridgehead atoms. The Kier molecular flexibility index (Phi) is 5.26. The highest BCUT2D eigenvalue weighted by atomic mass is 35.5. The van der Waals surface area contributed by atoms with Crippen molar-refractivity contribution in [3.63, 3.8) is 0 Å². The largest absolute Gasteiger partial charge is 0.378 e. The number of nitrogens with one attached hydrogen (secondary N) is 2. The lowest BCUT2D eigenvalue weighted by Gasteiger charge is -2.37. The van der Waals surface area contributed by atoms with Crippen LogP contribution < -0.4 is 10.0 Å². The molecule has 3 atom stereocenters. The van der Waals surface area contributed by atoms with Crippen molar-refractivity contribution in [1.82, 2.24) is 0 Å². The number of hydrogen-bond donors (Lipinski definition) is 2. The Morgan fingerprint density at radius 2 is 1.78 bits per heavy atom. The maximum absolute atomic E-state index is 13.2. The monoisotopic (exact) mass is 464 g/mol. The highest BCUT2D eigenvalue weighted by Crippen LogP contribution is 2.50. The van der Waals surface area contributed by atoms with Crippen molar-refractivity contribution in [2.45, 2.75) is 37.1 Å². The third kappa shape index (κ3) is 3.80. The summed E-state index contributed by atoms with van der Waals surface area (Å²) in [4.78, 5) is 0.280. The summed E-state index contributed by atoms with van der Waals surface area (Å²) < 4.78 is 29.1. The van der Waals surface area contributed by atoms with Crippen molar-refractivity contribution >= 4 is 33.0 Å². The minimum atomic E-state index is -3.70. The molecule has 4 nitrogen and oxygen atoms in total. The first-order valence-electron chi connectivity index (χ1n) is 10.7. The van der Waals surface area contributed by atoms with Gasteiger partial charge in [-0.15, -0.1) is 0 Å². The van der Waals surface area contributed by atoms with E-state index < -0.39 is 10.0 Å². The van der Waals surface area contributed by atoms with Gasteiger partial charge in [-0.1, -0.05) is 53.6 Å². The molecular formula is C26H25ClN2O2S. The van der Waals surface area contributed by atoms with E-state index in [4.69, 9.17) is 11.6 Å². The number of sulfonamides is 1. The van der Waals surface area contributed by atoms with Gasteiger partial charge in [0.25, 0.3) is 10.0 Å². The van der Waals surface area contributed by atoms with E-state index in [-0.39, 0.29) is 16.9 Å². The van der Waals surface area contributed by atoms with Gasteiger partial charge in [0, 0.05) is 16.6 Å². The minimum absolute atomic E-state index is 0.149. The van der Waals surface area contributed by atoms with Crippen LogP contribution in [0, 0.1) is 19.8 Å². The molecule has 0 fully saturated rings. The van der Waals surface area contributed by atoms with Gasteiger partial charge in [0.1, 0.15) is 0 Å². The van der Waals surface area contributed by atoms with Gasteiger partial charge in [0.15, 0.2) is 0 Å². The van der Waals surface area contributed by atoms with Crippen LogP contribution in [-0.2, 0) is 10.0 Å². The molecule has 3 unspecified atom stereocenters. The lowest BCUT2D eigenvalue weighted by Crippen LogP contribution is -2.29. The van der Waals surface area contributed by atoms with Gasteiger partial charge in [-0.2, -0.15) is 0 Å². The molecule has 2 N–H and O–H groups in total. The summed E-state index contributed by atoms with van der Waals surface area (Å²) in [6, 6.07) is 19.2. The first-order valence-corrected chi connectivity index (χ1v) is 12.6. The zero-order chi connectivity index (χ0) is 22.5. The molecular weight excluding hydrogens is 440 g/mol. The number of benzene rings is 3. The SMILES string of the molecule is Cc1ccc(NS(=O)(=O)c2ccc3c(c2)C2C=CCC2C(c2ccc(Cl)cc2)N3)c(C)c1. The average Bonchev–Trinajstić information content (AvgIpc) is 3.26. The molecule has 2 aliphatic rings. The van der Waals surface area contributed by atoms with Crippen LogP contribution >= 0.6 is 11.6 Å². The predicted molar refractivity (Wildman–Crippen MR) is 131 cm³/mol. The number of fused-ring (bicyclic) bond motifs is 3. The summed E-state index contributed by atoms with van der Waals surface area (Å²) >= 11 is 6.08. The zero-order valence-electron chi connectivity index (χ0n) is 18.0. The van der Waals surface area contributed by atoms with E-state index in [1.165, 1.54) is 5.56 Å². The second kappa shape index (κ2) is 7.98. The number of halogens is 1. The predicted octanol–water partition coefficient (Wildman–Crippen LogP) is 6.58. The van der Waals surface area contributed by atoms with E-state index in [9.17, 15) is 8.42 Å². The third-order valence-electron chi connectivity index (χ3n) is 6.50. The van der Waals surface area contributed by atoms with Crippen LogP contribution in [0.15, 0.2) is 77.7 Å². The Balaban J connectivity index is 1.49. The summed E-state index contributed by atoms with van der Waals surface area (Å²) in [6.45, 7) is 3.90. The normalized spacial score (nSPS) is 21.5. The van der Waals surface area contributed by atoms with E-state index in [1.54, 1.807) is 6.07 Å². The van der Waals surface area contributed by atoms with Crippen LogP contribution in [-0.4, -0.2) is 8.42 Å². The summed E-state index contributed by atoms with van der Waals surface area (Å²) in [6.07, 6.45) is 5.35. The lowest BCUT2D eigenvalue weighted by atomic mass is 9.77. The minimum Gasteiger partial charge on any atom is -0.378 e. The van der Waals surface area contributed by atoms with Crippen LogP contribution in [0.25, 0.3) is 0 Å². The van der Waals surface area contributed by atoms with Crippen LogP contribution in [0.1, 0.15) is 40.6 Å². The number of anilines is 2. The first-order chi connectivity index (χ1) is 15.3. The van der Waals surface area contributed by atoms with Gasteiger partial charge >= 0.3 is 0 Å². The van der Waals surface area contributed by atoms with Crippen molar-refractivity contribution in [3.05, 3.63) is 100 Å². The number of allylic oxidation sites excluding steroid dienone is 2. The molecule has 0 amide bonds. The number of rotatable bonds is 4. The van der Waals surface area contributed by atoms with E-state index in [0.717, 1.165) is 33.8 Å². The van der Waals surface area contributed by atoms with Crippen molar-refractivity contribution in [2.24, 2.45) is 5.92 Å². The van der Waals surface area contributed by atoms with Crippen molar-refractivity contribution in [2.75, 3.05) is 10.0 Å². The quantitative estimate of drug-likeness (QED) is 0.428. The molecule has 0 saturated carbocycles. The van der Waals surface area contributed by atoms with E-state index in [0.29, 0.717) is 11.6 Å². The Labute approximate surface area is 194 Å². The van der Waals surface area contributed by atoms with Gasteiger partial charge in [-0.05, 0) is 79.3 Å². The molecule has 32 heavy (non-hydrogen) atoms. The molecule has 0 radical (unpaired) electrons. The first kappa shape index (κ1) is 21.1. The fraction of sp³-hybridized carbons (Fsp3) is 0.231. The highest BCUT2D eigenvalue weighted by Gasteiger charge is 2.38. The maximum atomic E-state index is 13.2. The Hall–Kier alpha value is -2.76. The smallest absolute Gasteiger partial charge is 0.261 e. The molecule has 1 aliphatic carbocycles. The van der Waals surface area contributed by atoms with E-state index in [1.807, 2.05) is 56.3 Å². The molecule has 0 saturated heterocycles. The summed E-state index contributed by atoms with van der Waals surface area (Å²) in [5.74, 6) is 0.497. The fourth-order valence-corrected chi connectivity index (χ4v) is 6.16. The molecule has 3 aromatic carbocycles. The van der Waals surface area contributed by atoms with Gasteiger partial charge in [0.05, 0.1) is 16.6 Å². The lowest BCUT2D eigenvalue weighted by molar-refractivity contribution is 0.425. The zero-order valence-corrected chi connectivity index (χ0v) is 19.5. The molecule has 1 heterocycles. The average molecular weight is 465 g/mol. The Morgan fingerprint density at radius 1 is 1.00 bits per heavy atom. The molecule has 3 aromatic rings. The fourth-order valence-electron chi connectivity index (χ4n) is 4.87. The standard InChI is InChI=1S/C26H25ClN2O2S/c1-16-6-12-24(17(2)14-16)29-32(30,31)20-11-13-25-23(15-20)21-4-3-5-22(21)26(28-25)18-7-9-19(27)10-8-18/h3-4,6-15,21-22,26,28-29H,5H2,1-2H3. The van der Waals surface area contributed by atoms with Crippen molar-refractivity contribution < 1.29 is 8.42 Å². The molecule has 1 aliphatic heterocycles. The summed E-state index contributed by atoms with van der Waals surface area (Å²) in [5, 5.41) is 4.37. The summed E-state index contributed by atoms with van der Waals surface area (Å²) in [7, 11) is -3.70. The third-order valence-corrected chi connectivity index (χ3v) is 8.12. The van der Waals surface area contributed by atoms with Crippen LogP contribution in [0.2, 0.25) is 5.02 Å². The van der Waals surface area contributed by atoms with Crippen molar-refractivity contribution in [1.29, 1.82) is 0 Å².